The van der Waals surface area contributed by atoms with Crippen LogP contribution in [0.1, 0.15) is 22.3 Å². The van der Waals surface area contributed by atoms with Gasteiger partial charge < -0.3 is 14.6 Å². The van der Waals surface area contributed by atoms with Gasteiger partial charge in [0.25, 0.3) is 0 Å². The summed E-state index contributed by atoms with van der Waals surface area (Å²) in [4.78, 5) is 16.0. The lowest BCUT2D eigenvalue weighted by atomic mass is 10.2. The van der Waals surface area contributed by atoms with Crippen molar-refractivity contribution < 1.29 is 19.4 Å². The van der Waals surface area contributed by atoms with Crippen molar-refractivity contribution in [3.63, 3.8) is 0 Å². The van der Waals surface area contributed by atoms with Crippen LogP contribution in [0.4, 0.5) is 0 Å². The van der Waals surface area contributed by atoms with Crippen LogP contribution < -0.4 is 9.47 Å². The first kappa shape index (κ1) is 17.0. The number of ether oxygens (including phenoxy) is 2. The molecule has 0 radical (unpaired) electrons. The van der Waals surface area contributed by atoms with Crippen molar-refractivity contribution in [2.75, 3.05) is 7.11 Å². The number of thiazole rings is 1. The first-order valence-corrected chi connectivity index (χ1v) is 8.58. The first-order chi connectivity index (χ1) is 12.1. The molecule has 1 N–H and O–H groups in total. The molecular formula is C19H17NO4S. The molecule has 0 bridgehead atoms. The van der Waals surface area contributed by atoms with Gasteiger partial charge in [-0.05, 0) is 42.8 Å². The quantitative estimate of drug-likeness (QED) is 0.683. The Hall–Kier alpha value is -2.86. The summed E-state index contributed by atoms with van der Waals surface area (Å²) in [6.07, 6.45) is 0.590. The third-order valence-corrected chi connectivity index (χ3v) is 4.76. The van der Waals surface area contributed by atoms with Crippen molar-refractivity contribution in [3.05, 3.63) is 59.1 Å². The summed E-state index contributed by atoms with van der Waals surface area (Å²) in [6.45, 7) is 1.90. The zero-order valence-corrected chi connectivity index (χ0v) is 14.7. The van der Waals surface area contributed by atoms with Crippen LogP contribution in [0.15, 0.2) is 48.5 Å². The molecule has 5 nitrogen and oxygen atoms in total. The minimum atomic E-state index is -0.934. The van der Waals surface area contributed by atoms with Gasteiger partial charge in [0.2, 0.25) is 0 Å². The Kier molecular flexibility index (Phi) is 5.00. The number of aryl methyl sites for hydroxylation is 1. The van der Waals surface area contributed by atoms with Crippen molar-refractivity contribution in [2.45, 2.75) is 13.3 Å². The summed E-state index contributed by atoms with van der Waals surface area (Å²) in [7, 11) is 1.60. The monoisotopic (exact) mass is 355 g/mol. The molecule has 3 aromatic rings. The molecule has 6 heteroatoms. The minimum absolute atomic E-state index is 0.298. The van der Waals surface area contributed by atoms with Crippen molar-refractivity contribution in [3.8, 4) is 27.8 Å². The molecule has 3 rings (SSSR count). The van der Waals surface area contributed by atoms with E-state index >= 15 is 0 Å². The number of aromatic carboxylic acids is 1. The fourth-order valence-electron chi connectivity index (χ4n) is 2.38. The van der Waals surface area contributed by atoms with Gasteiger partial charge in [-0.1, -0.05) is 19.1 Å². The summed E-state index contributed by atoms with van der Waals surface area (Å²) >= 11 is 1.19. The van der Waals surface area contributed by atoms with Crippen molar-refractivity contribution in [1.29, 1.82) is 0 Å². The average Bonchev–Trinajstić information content (AvgIpc) is 3.07. The van der Waals surface area contributed by atoms with Crippen LogP contribution >= 0.6 is 11.3 Å². The Labute approximate surface area is 149 Å². The highest BCUT2D eigenvalue weighted by atomic mass is 32.1. The predicted octanol–water partition coefficient (Wildman–Crippen LogP) is 4.87. The standard InChI is InChI=1S/C19H17NO4S/c1-3-14-17(19(21)22)25-18(20-14)12-8-10-13(11-9-12)24-16-7-5-4-6-15(16)23-2/h4-11H,3H2,1-2H3,(H,21,22). The number of benzene rings is 2. The van der Waals surface area contributed by atoms with Gasteiger partial charge in [-0.25, -0.2) is 9.78 Å². The normalized spacial score (nSPS) is 10.5. The van der Waals surface area contributed by atoms with Gasteiger partial charge in [-0.15, -0.1) is 11.3 Å². The van der Waals surface area contributed by atoms with E-state index in [1.54, 1.807) is 7.11 Å². The largest absolute Gasteiger partial charge is 0.493 e. The minimum Gasteiger partial charge on any atom is -0.493 e. The molecular weight excluding hydrogens is 338 g/mol. The highest BCUT2D eigenvalue weighted by Crippen LogP contribution is 2.33. The maximum atomic E-state index is 11.3. The molecule has 2 aromatic carbocycles. The molecule has 0 aliphatic rings. The Morgan fingerprint density at radius 1 is 1.12 bits per heavy atom. The molecule has 0 amide bonds. The Morgan fingerprint density at radius 2 is 1.80 bits per heavy atom. The van der Waals surface area contributed by atoms with Crippen molar-refractivity contribution in [2.24, 2.45) is 0 Å². The van der Waals surface area contributed by atoms with E-state index in [1.165, 1.54) is 11.3 Å². The third-order valence-electron chi connectivity index (χ3n) is 3.62. The van der Waals surface area contributed by atoms with Crippen molar-refractivity contribution >= 4 is 17.3 Å². The molecule has 128 valence electrons. The van der Waals surface area contributed by atoms with E-state index in [-0.39, 0.29) is 0 Å². The van der Waals surface area contributed by atoms with E-state index in [0.29, 0.717) is 39.2 Å². The molecule has 1 heterocycles. The topological polar surface area (TPSA) is 68.7 Å². The number of carbonyl (C=O) groups is 1. The van der Waals surface area contributed by atoms with Crippen LogP contribution in [-0.4, -0.2) is 23.2 Å². The lowest BCUT2D eigenvalue weighted by Gasteiger charge is -2.10. The number of hydrogen-bond acceptors (Lipinski definition) is 5. The van der Waals surface area contributed by atoms with Crippen LogP contribution in [0, 0.1) is 0 Å². The van der Waals surface area contributed by atoms with Crippen LogP contribution in [-0.2, 0) is 6.42 Å². The number of rotatable bonds is 6. The van der Waals surface area contributed by atoms with E-state index in [9.17, 15) is 9.90 Å². The molecule has 0 fully saturated rings. The highest BCUT2D eigenvalue weighted by molar-refractivity contribution is 7.17. The van der Waals surface area contributed by atoms with E-state index in [4.69, 9.17) is 9.47 Å². The number of carboxylic acids is 1. The van der Waals surface area contributed by atoms with Crippen LogP contribution in [0.25, 0.3) is 10.6 Å². The number of carboxylic acid groups (broad SMARTS) is 1. The molecule has 0 saturated heterocycles. The second kappa shape index (κ2) is 7.36. The fourth-order valence-corrected chi connectivity index (χ4v) is 3.38. The average molecular weight is 355 g/mol. The molecule has 25 heavy (non-hydrogen) atoms. The van der Waals surface area contributed by atoms with Crippen LogP contribution in [0.2, 0.25) is 0 Å². The lowest BCUT2D eigenvalue weighted by Crippen LogP contribution is -1.97. The smallest absolute Gasteiger partial charge is 0.347 e. The third kappa shape index (κ3) is 3.64. The molecule has 0 aliphatic heterocycles. The van der Waals surface area contributed by atoms with E-state index in [1.807, 2.05) is 55.5 Å². The maximum Gasteiger partial charge on any atom is 0.347 e. The molecule has 0 atom stereocenters. The van der Waals surface area contributed by atoms with Crippen LogP contribution in [0.3, 0.4) is 0 Å². The zero-order chi connectivity index (χ0) is 17.8. The number of methoxy groups -OCH3 is 1. The summed E-state index contributed by atoms with van der Waals surface area (Å²) in [6, 6.07) is 14.8. The first-order valence-electron chi connectivity index (χ1n) is 7.76. The number of nitrogens with zero attached hydrogens (tertiary/aromatic N) is 1. The molecule has 1 aromatic heterocycles. The highest BCUT2D eigenvalue weighted by Gasteiger charge is 2.17. The fraction of sp³-hybridized carbons (Fsp3) is 0.158. The number of para-hydroxylation sites is 2. The number of hydrogen-bond donors (Lipinski definition) is 1. The lowest BCUT2D eigenvalue weighted by molar-refractivity contribution is 0.0701. The Bertz CT molecular complexity index is 887. The molecule has 0 unspecified atom stereocenters. The van der Waals surface area contributed by atoms with E-state index < -0.39 is 5.97 Å². The molecule has 0 aliphatic carbocycles. The summed E-state index contributed by atoms with van der Waals surface area (Å²) in [5.74, 6) is 1.02. The van der Waals surface area contributed by atoms with Crippen LogP contribution in [0.5, 0.6) is 17.2 Å². The Balaban J connectivity index is 1.84. The maximum absolute atomic E-state index is 11.3. The van der Waals surface area contributed by atoms with Crippen molar-refractivity contribution in [1.82, 2.24) is 4.98 Å². The van der Waals surface area contributed by atoms with Gasteiger partial charge in [0.15, 0.2) is 11.5 Å². The van der Waals surface area contributed by atoms with Gasteiger partial charge in [-0.2, -0.15) is 0 Å². The summed E-state index contributed by atoms with van der Waals surface area (Å²) in [5, 5.41) is 9.95. The van der Waals surface area contributed by atoms with Gasteiger partial charge in [0.1, 0.15) is 15.6 Å². The number of aromatic nitrogens is 1. The second-order valence-corrected chi connectivity index (χ2v) is 6.23. The summed E-state index contributed by atoms with van der Waals surface area (Å²) < 4.78 is 11.1. The van der Waals surface area contributed by atoms with Gasteiger partial charge in [-0.3, -0.25) is 0 Å². The van der Waals surface area contributed by atoms with Gasteiger partial charge in [0.05, 0.1) is 12.8 Å². The Morgan fingerprint density at radius 3 is 2.36 bits per heavy atom. The van der Waals surface area contributed by atoms with E-state index in [2.05, 4.69) is 4.98 Å². The molecule has 0 spiro atoms. The van der Waals surface area contributed by atoms with E-state index in [0.717, 1.165) is 5.56 Å². The SMILES string of the molecule is CCc1nc(-c2ccc(Oc3ccccc3OC)cc2)sc1C(=O)O. The second-order valence-electron chi connectivity index (χ2n) is 5.23. The molecule has 0 saturated carbocycles. The summed E-state index contributed by atoms with van der Waals surface area (Å²) in [5.41, 5.74) is 1.47. The van der Waals surface area contributed by atoms with Gasteiger partial charge >= 0.3 is 5.97 Å². The zero-order valence-electron chi connectivity index (χ0n) is 13.9. The van der Waals surface area contributed by atoms with Gasteiger partial charge in [0, 0.05) is 5.56 Å². The predicted molar refractivity (Wildman–Crippen MR) is 97.0 cm³/mol.